The van der Waals surface area contributed by atoms with Crippen LogP contribution >= 0.6 is 23.4 Å². The van der Waals surface area contributed by atoms with Gasteiger partial charge in [-0.25, -0.2) is 14.4 Å². The second-order valence-electron chi connectivity index (χ2n) is 6.59. The van der Waals surface area contributed by atoms with E-state index in [1.165, 1.54) is 24.2 Å². The molecule has 0 spiro atoms. The summed E-state index contributed by atoms with van der Waals surface area (Å²) in [7, 11) is 0. The van der Waals surface area contributed by atoms with Crippen molar-refractivity contribution in [3.05, 3.63) is 75.8 Å². The van der Waals surface area contributed by atoms with Crippen molar-refractivity contribution in [3.63, 3.8) is 0 Å². The number of anilines is 2. The van der Waals surface area contributed by atoms with Gasteiger partial charge in [-0.15, -0.1) is 0 Å². The van der Waals surface area contributed by atoms with Crippen molar-refractivity contribution in [1.82, 2.24) is 9.97 Å². The number of hydrogen-bond donors (Lipinski definition) is 0. The van der Waals surface area contributed by atoms with E-state index in [4.69, 9.17) is 11.6 Å². The topological polar surface area (TPSA) is 75.4 Å². The molecule has 0 radical (unpaired) electrons. The normalized spacial score (nSPS) is 14.1. The molecule has 10 heteroatoms. The molecular formula is C20H17ClFN5O2S. The smallest absolute Gasteiger partial charge is 0.343 e. The molecule has 1 fully saturated rings. The summed E-state index contributed by atoms with van der Waals surface area (Å²) in [6.45, 7) is 2.03. The molecule has 7 nitrogen and oxygen atoms in total. The van der Waals surface area contributed by atoms with Gasteiger partial charge in [-0.05, 0) is 36.4 Å². The lowest BCUT2D eigenvalue weighted by atomic mass is 10.2. The second kappa shape index (κ2) is 8.85. The zero-order chi connectivity index (χ0) is 21.1. The van der Waals surface area contributed by atoms with Gasteiger partial charge in [0.05, 0.1) is 10.6 Å². The van der Waals surface area contributed by atoms with Gasteiger partial charge < -0.3 is 9.80 Å². The quantitative estimate of drug-likeness (QED) is 0.321. The minimum atomic E-state index is -0.448. The first-order valence-electron chi connectivity index (χ1n) is 9.20. The SMILES string of the molecule is O=[N+]([O-])c1c(Sc2ccc(Cl)cc2)ncnc1N1CCN(c2ccccc2F)CC1. The number of para-hydroxylation sites is 1. The van der Waals surface area contributed by atoms with Gasteiger partial charge in [0.15, 0.2) is 5.03 Å². The molecule has 154 valence electrons. The van der Waals surface area contributed by atoms with Crippen molar-refractivity contribution in [2.24, 2.45) is 0 Å². The third-order valence-corrected chi connectivity index (χ3v) is 6.00. The molecule has 0 aliphatic carbocycles. The van der Waals surface area contributed by atoms with E-state index in [1.54, 1.807) is 42.5 Å². The van der Waals surface area contributed by atoms with Crippen molar-refractivity contribution >= 4 is 40.6 Å². The third kappa shape index (κ3) is 4.31. The van der Waals surface area contributed by atoms with Gasteiger partial charge >= 0.3 is 5.69 Å². The van der Waals surface area contributed by atoms with Crippen molar-refractivity contribution in [1.29, 1.82) is 0 Å². The molecule has 0 amide bonds. The summed E-state index contributed by atoms with van der Waals surface area (Å²) in [5.41, 5.74) is 0.408. The van der Waals surface area contributed by atoms with Gasteiger partial charge in [0.2, 0.25) is 5.82 Å². The van der Waals surface area contributed by atoms with E-state index in [-0.39, 0.29) is 22.3 Å². The standard InChI is InChI=1S/C20H17ClFN5O2S/c21-14-5-7-15(8-6-14)30-20-18(27(28)29)19(23-13-24-20)26-11-9-25(10-12-26)17-4-2-1-3-16(17)22/h1-8,13H,9-12H2. The van der Waals surface area contributed by atoms with E-state index in [0.29, 0.717) is 36.9 Å². The van der Waals surface area contributed by atoms with Crippen LogP contribution in [0.2, 0.25) is 5.02 Å². The van der Waals surface area contributed by atoms with E-state index < -0.39 is 4.92 Å². The number of rotatable bonds is 5. The van der Waals surface area contributed by atoms with Gasteiger partial charge in [0, 0.05) is 36.1 Å². The number of nitrogens with zero attached hydrogens (tertiary/aromatic N) is 5. The van der Waals surface area contributed by atoms with Gasteiger partial charge in [-0.3, -0.25) is 10.1 Å². The largest absolute Gasteiger partial charge is 0.366 e. The number of benzene rings is 2. The predicted octanol–water partition coefficient (Wildman–Crippen LogP) is 4.66. The first-order valence-corrected chi connectivity index (χ1v) is 10.4. The highest BCUT2D eigenvalue weighted by Crippen LogP contribution is 2.38. The van der Waals surface area contributed by atoms with Crippen LogP contribution in [0.5, 0.6) is 0 Å². The first kappa shape index (κ1) is 20.4. The predicted molar refractivity (Wildman–Crippen MR) is 115 cm³/mol. The van der Waals surface area contributed by atoms with Crippen LogP contribution in [0.1, 0.15) is 0 Å². The zero-order valence-corrected chi connectivity index (χ0v) is 17.3. The van der Waals surface area contributed by atoms with E-state index in [0.717, 1.165) is 4.90 Å². The lowest BCUT2D eigenvalue weighted by molar-refractivity contribution is -0.387. The van der Waals surface area contributed by atoms with E-state index in [1.807, 2.05) is 9.80 Å². The van der Waals surface area contributed by atoms with E-state index >= 15 is 0 Å². The van der Waals surface area contributed by atoms with Crippen LogP contribution in [0.4, 0.5) is 21.6 Å². The van der Waals surface area contributed by atoms with Crippen molar-refractivity contribution in [3.8, 4) is 0 Å². The lowest BCUT2D eigenvalue weighted by Gasteiger charge is -2.36. The van der Waals surface area contributed by atoms with Crippen molar-refractivity contribution in [2.75, 3.05) is 36.0 Å². The molecule has 1 aliphatic rings. The number of piperazine rings is 1. The Morgan fingerprint density at radius 3 is 2.33 bits per heavy atom. The van der Waals surface area contributed by atoms with E-state index in [9.17, 15) is 14.5 Å². The van der Waals surface area contributed by atoms with Crippen LogP contribution in [0, 0.1) is 15.9 Å². The molecular weight excluding hydrogens is 429 g/mol. The fourth-order valence-electron chi connectivity index (χ4n) is 3.30. The fraction of sp³-hybridized carbons (Fsp3) is 0.200. The molecule has 0 saturated carbocycles. The van der Waals surface area contributed by atoms with Crippen LogP contribution in [0.25, 0.3) is 0 Å². The van der Waals surface area contributed by atoms with Crippen LogP contribution < -0.4 is 9.80 Å². The maximum Gasteiger partial charge on any atom is 0.343 e. The van der Waals surface area contributed by atoms with Crippen LogP contribution in [0.3, 0.4) is 0 Å². The van der Waals surface area contributed by atoms with Crippen LogP contribution in [0.15, 0.2) is 64.8 Å². The Kier molecular flexibility index (Phi) is 6.01. The molecule has 0 bridgehead atoms. The van der Waals surface area contributed by atoms with Gasteiger partial charge in [-0.1, -0.05) is 35.5 Å². The summed E-state index contributed by atoms with van der Waals surface area (Å²) in [6, 6.07) is 13.6. The number of nitro groups is 1. The number of aromatic nitrogens is 2. The maximum atomic E-state index is 14.1. The first-order chi connectivity index (χ1) is 14.5. The van der Waals surface area contributed by atoms with E-state index in [2.05, 4.69) is 9.97 Å². The fourth-order valence-corrected chi connectivity index (χ4v) is 4.29. The maximum absolute atomic E-state index is 14.1. The molecule has 1 aliphatic heterocycles. The highest BCUT2D eigenvalue weighted by molar-refractivity contribution is 7.99. The molecule has 0 N–H and O–H groups in total. The lowest BCUT2D eigenvalue weighted by Crippen LogP contribution is -2.47. The Balaban J connectivity index is 1.56. The van der Waals surface area contributed by atoms with Gasteiger partial charge in [0.25, 0.3) is 0 Å². The van der Waals surface area contributed by atoms with Crippen LogP contribution in [-0.4, -0.2) is 41.1 Å². The highest BCUT2D eigenvalue weighted by Gasteiger charge is 2.30. The molecule has 1 saturated heterocycles. The Hall–Kier alpha value is -2.91. The molecule has 0 unspecified atom stereocenters. The number of halogens is 2. The Labute approximate surface area is 181 Å². The number of hydrogen-bond acceptors (Lipinski definition) is 7. The molecule has 0 atom stereocenters. The van der Waals surface area contributed by atoms with Gasteiger partial charge in [0.1, 0.15) is 12.1 Å². The third-order valence-electron chi connectivity index (χ3n) is 4.75. The highest BCUT2D eigenvalue weighted by atomic mass is 35.5. The monoisotopic (exact) mass is 445 g/mol. The summed E-state index contributed by atoms with van der Waals surface area (Å²) >= 11 is 7.10. The molecule has 3 aromatic rings. The van der Waals surface area contributed by atoms with Gasteiger partial charge in [-0.2, -0.15) is 0 Å². The molecule has 30 heavy (non-hydrogen) atoms. The summed E-state index contributed by atoms with van der Waals surface area (Å²) in [5.74, 6) is 0.000245. The van der Waals surface area contributed by atoms with Crippen molar-refractivity contribution < 1.29 is 9.31 Å². The zero-order valence-electron chi connectivity index (χ0n) is 15.7. The summed E-state index contributed by atoms with van der Waals surface area (Å²) < 4.78 is 14.1. The molecule has 2 heterocycles. The average molecular weight is 446 g/mol. The molecule has 4 rings (SSSR count). The Morgan fingerprint density at radius 2 is 1.67 bits per heavy atom. The minimum Gasteiger partial charge on any atom is -0.366 e. The Morgan fingerprint density at radius 1 is 1.00 bits per heavy atom. The molecule has 2 aromatic carbocycles. The second-order valence-corrected chi connectivity index (χ2v) is 8.09. The molecule has 1 aromatic heterocycles. The van der Waals surface area contributed by atoms with Crippen LogP contribution in [-0.2, 0) is 0 Å². The summed E-state index contributed by atoms with van der Waals surface area (Å²) in [4.78, 5) is 24.3. The summed E-state index contributed by atoms with van der Waals surface area (Å²) in [5, 5.41) is 12.7. The van der Waals surface area contributed by atoms with Crippen molar-refractivity contribution in [2.45, 2.75) is 9.92 Å². The average Bonchev–Trinajstić information content (AvgIpc) is 2.75. The Bertz CT molecular complexity index is 1060. The summed E-state index contributed by atoms with van der Waals surface area (Å²) in [6.07, 6.45) is 1.34. The minimum absolute atomic E-state index is 0.128.